The molecule has 1 aromatic rings. The van der Waals surface area contributed by atoms with Gasteiger partial charge < -0.3 is 10.4 Å². The maximum Gasteiger partial charge on any atom is 0.233 e. The van der Waals surface area contributed by atoms with Gasteiger partial charge in [0.1, 0.15) is 0 Å². The highest BCUT2D eigenvalue weighted by atomic mass is 32.1. The van der Waals surface area contributed by atoms with Crippen LogP contribution in [0.4, 0.5) is 0 Å². The number of amides is 1. The minimum absolute atomic E-state index is 0.0421. The minimum Gasteiger partial charge on any atom is -0.392 e. The van der Waals surface area contributed by atoms with Gasteiger partial charge in [0.2, 0.25) is 5.91 Å². The number of benzene rings is 1. The van der Waals surface area contributed by atoms with E-state index in [1.165, 1.54) is 0 Å². The number of nitrogens with one attached hydrogen (secondary N) is 1. The fourth-order valence-corrected chi connectivity index (χ4v) is 2.63. The number of thiol groups is 1. The average Bonchev–Trinajstić information content (AvgIpc) is 2.39. The van der Waals surface area contributed by atoms with Gasteiger partial charge in [0.05, 0.1) is 11.4 Å². The Morgan fingerprint density at radius 1 is 1.47 bits per heavy atom. The first-order valence-electron chi connectivity index (χ1n) is 6.61. The quantitative estimate of drug-likeness (QED) is 0.736. The second kappa shape index (κ2) is 5.55. The van der Waals surface area contributed by atoms with Gasteiger partial charge in [0, 0.05) is 11.5 Å². The molecule has 3 nitrogen and oxygen atoms in total. The van der Waals surface area contributed by atoms with Gasteiger partial charge >= 0.3 is 0 Å². The molecule has 1 aliphatic rings. The first-order chi connectivity index (χ1) is 8.91. The summed E-state index contributed by atoms with van der Waals surface area (Å²) in [5.74, 6) is -0.0582. The van der Waals surface area contributed by atoms with Gasteiger partial charge in [0.25, 0.3) is 0 Å². The van der Waals surface area contributed by atoms with Gasteiger partial charge in [0.15, 0.2) is 0 Å². The third-order valence-electron chi connectivity index (χ3n) is 4.11. The molecule has 0 saturated heterocycles. The molecule has 1 aromatic carbocycles. The molecule has 0 aromatic heterocycles. The van der Waals surface area contributed by atoms with Crippen molar-refractivity contribution < 1.29 is 9.90 Å². The molecule has 0 radical (unpaired) electrons. The number of hydrogen-bond acceptors (Lipinski definition) is 3. The second-order valence-corrected chi connectivity index (χ2v) is 6.46. The molecule has 0 spiro atoms. The van der Waals surface area contributed by atoms with Crippen molar-refractivity contribution in [3.05, 3.63) is 35.9 Å². The van der Waals surface area contributed by atoms with Crippen LogP contribution in [0.3, 0.4) is 0 Å². The van der Waals surface area contributed by atoms with E-state index < -0.39 is 0 Å². The van der Waals surface area contributed by atoms with Crippen molar-refractivity contribution in [3.63, 3.8) is 0 Å². The van der Waals surface area contributed by atoms with Gasteiger partial charge in [-0.2, -0.15) is 12.6 Å². The van der Waals surface area contributed by atoms with Crippen LogP contribution in [-0.4, -0.2) is 28.4 Å². The molecule has 3 unspecified atom stereocenters. The first-order valence-corrected chi connectivity index (χ1v) is 7.13. The molecule has 1 amide bonds. The number of carbonyl (C=O) groups excluding carboxylic acids is 1. The van der Waals surface area contributed by atoms with Crippen molar-refractivity contribution >= 4 is 18.5 Å². The molecule has 104 valence electrons. The molecule has 0 heterocycles. The van der Waals surface area contributed by atoms with Crippen molar-refractivity contribution in [2.75, 3.05) is 0 Å². The molecule has 4 heteroatoms. The lowest BCUT2D eigenvalue weighted by molar-refractivity contribution is -0.128. The SMILES string of the molecule is CC1(C)C(O)CC1NC(=O)C(S)Cc1ccccc1. The van der Waals surface area contributed by atoms with Crippen LogP contribution in [0.15, 0.2) is 30.3 Å². The Morgan fingerprint density at radius 3 is 2.63 bits per heavy atom. The van der Waals surface area contributed by atoms with Gasteiger partial charge in [-0.3, -0.25) is 4.79 Å². The minimum atomic E-state index is -0.351. The van der Waals surface area contributed by atoms with Crippen LogP contribution in [0.2, 0.25) is 0 Å². The molecule has 2 rings (SSSR count). The molecule has 19 heavy (non-hydrogen) atoms. The average molecular weight is 279 g/mol. The van der Waals surface area contributed by atoms with Crippen molar-refractivity contribution in [2.45, 2.75) is 44.1 Å². The smallest absolute Gasteiger partial charge is 0.233 e. The van der Waals surface area contributed by atoms with Crippen molar-refractivity contribution in [2.24, 2.45) is 5.41 Å². The maximum absolute atomic E-state index is 12.1. The monoisotopic (exact) mass is 279 g/mol. The molecule has 0 bridgehead atoms. The first kappa shape index (κ1) is 14.4. The Morgan fingerprint density at radius 2 is 2.11 bits per heavy atom. The van der Waals surface area contributed by atoms with E-state index in [2.05, 4.69) is 17.9 Å². The van der Waals surface area contributed by atoms with Gasteiger partial charge in [-0.25, -0.2) is 0 Å². The van der Waals surface area contributed by atoms with Crippen LogP contribution < -0.4 is 5.32 Å². The molecule has 1 aliphatic carbocycles. The van der Waals surface area contributed by atoms with E-state index in [0.29, 0.717) is 12.8 Å². The van der Waals surface area contributed by atoms with E-state index in [1.807, 2.05) is 44.2 Å². The highest BCUT2D eigenvalue weighted by molar-refractivity contribution is 7.81. The summed E-state index contributed by atoms with van der Waals surface area (Å²) in [6.07, 6.45) is 0.918. The third-order valence-corrected chi connectivity index (χ3v) is 4.52. The fraction of sp³-hybridized carbons (Fsp3) is 0.533. The summed E-state index contributed by atoms with van der Waals surface area (Å²) in [6, 6.07) is 9.90. The van der Waals surface area contributed by atoms with Crippen molar-refractivity contribution in [1.82, 2.24) is 5.32 Å². The predicted molar refractivity (Wildman–Crippen MR) is 79.3 cm³/mol. The van der Waals surface area contributed by atoms with Crippen LogP contribution >= 0.6 is 12.6 Å². The van der Waals surface area contributed by atoms with Gasteiger partial charge in [-0.05, 0) is 18.4 Å². The summed E-state index contributed by atoms with van der Waals surface area (Å²) in [5.41, 5.74) is 0.862. The second-order valence-electron chi connectivity index (χ2n) is 5.84. The number of hydrogen-bond donors (Lipinski definition) is 3. The number of aliphatic hydroxyl groups is 1. The lowest BCUT2D eigenvalue weighted by atomic mass is 9.64. The number of rotatable bonds is 4. The van der Waals surface area contributed by atoms with E-state index in [4.69, 9.17) is 0 Å². The van der Waals surface area contributed by atoms with Crippen LogP contribution in [-0.2, 0) is 11.2 Å². The predicted octanol–water partition coefficient (Wildman–Crippen LogP) is 1.80. The van der Waals surface area contributed by atoms with Gasteiger partial charge in [-0.15, -0.1) is 0 Å². The Bertz CT molecular complexity index is 447. The molecule has 1 fully saturated rings. The summed E-state index contributed by atoms with van der Waals surface area (Å²) in [6.45, 7) is 3.94. The van der Waals surface area contributed by atoms with E-state index in [1.54, 1.807) is 0 Å². The fourth-order valence-electron chi connectivity index (χ4n) is 2.35. The molecular formula is C15H21NO2S. The lowest BCUT2D eigenvalue weighted by Gasteiger charge is -2.49. The maximum atomic E-state index is 12.1. The lowest BCUT2D eigenvalue weighted by Crippen LogP contribution is -2.62. The van der Waals surface area contributed by atoms with Crippen LogP contribution in [0, 0.1) is 5.41 Å². The zero-order chi connectivity index (χ0) is 14.0. The molecule has 2 N–H and O–H groups in total. The summed E-state index contributed by atoms with van der Waals surface area (Å²) < 4.78 is 0. The molecule has 3 atom stereocenters. The van der Waals surface area contributed by atoms with E-state index >= 15 is 0 Å². The molecular weight excluding hydrogens is 258 g/mol. The highest BCUT2D eigenvalue weighted by Crippen LogP contribution is 2.40. The Kier molecular flexibility index (Phi) is 4.21. The third kappa shape index (κ3) is 3.12. The summed E-state index contributed by atoms with van der Waals surface area (Å²) in [7, 11) is 0. The standard InChI is InChI=1S/C15H21NO2S/c1-15(2)12(9-13(15)17)16-14(18)11(19)8-10-6-4-3-5-7-10/h3-7,11-13,17,19H,8-9H2,1-2H3,(H,16,18). The zero-order valence-corrected chi connectivity index (χ0v) is 12.2. The normalized spacial score (nSPS) is 26.3. The summed E-state index contributed by atoms with van der Waals surface area (Å²) >= 11 is 4.38. The Hall–Kier alpha value is -1.00. The number of aliphatic hydroxyl groups excluding tert-OH is 1. The molecule has 0 aliphatic heterocycles. The molecule has 1 saturated carbocycles. The topological polar surface area (TPSA) is 49.3 Å². The van der Waals surface area contributed by atoms with Crippen LogP contribution in [0.25, 0.3) is 0 Å². The highest BCUT2D eigenvalue weighted by Gasteiger charge is 2.48. The van der Waals surface area contributed by atoms with Gasteiger partial charge in [-0.1, -0.05) is 44.2 Å². The summed E-state index contributed by atoms with van der Waals surface area (Å²) in [4.78, 5) is 12.1. The summed E-state index contributed by atoms with van der Waals surface area (Å²) in [5, 5.41) is 12.3. The number of carbonyl (C=O) groups is 1. The van der Waals surface area contributed by atoms with E-state index in [9.17, 15) is 9.90 Å². The van der Waals surface area contributed by atoms with E-state index in [-0.39, 0.29) is 28.7 Å². The van der Waals surface area contributed by atoms with Crippen molar-refractivity contribution in [1.29, 1.82) is 0 Å². The van der Waals surface area contributed by atoms with Crippen molar-refractivity contribution in [3.8, 4) is 0 Å². The largest absolute Gasteiger partial charge is 0.392 e. The Balaban J connectivity index is 1.87. The zero-order valence-electron chi connectivity index (χ0n) is 11.3. The van der Waals surface area contributed by atoms with Crippen LogP contribution in [0.1, 0.15) is 25.8 Å². The van der Waals surface area contributed by atoms with Crippen LogP contribution in [0.5, 0.6) is 0 Å². The van der Waals surface area contributed by atoms with E-state index in [0.717, 1.165) is 5.56 Å². The Labute approximate surface area is 119 Å².